The number of nitrogens with one attached hydrogen (secondary N) is 1. The Morgan fingerprint density at radius 3 is 2.83 bits per heavy atom. The molecule has 1 aromatic heterocycles. The molecule has 0 aliphatic carbocycles. The molecule has 18 heavy (non-hydrogen) atoms. The van der Waals surface area contributed by atoms with Crippen molar-refractivity contribution in [3.8, 4) is 5.88 Å². The largest absolute Gasteiger partial charge is 0.479 e. The monoisotopic (exact) mass is 246 g/mol. The van der Waals surface area contributed by atoms with E-state index in [0.29, 0.717) is 0 Å². The van der Waals surface area contributed by atoms with E-state index in [1.807, 2.05) is 32.0 Å². The van der Waals surface area contributed by atoms with Crippen molar-refractivity contribution >= 4 is 11.6 Å². The summed E-state index contributed by atoms with van der Waals surface area (Å²) in [5.74, 6) is 0.0494. The molecule has 0 fully saturated rings. The molecule has 0 spiro atoms. The van der Waals surface area contributed by atoms with Crippen LogP contribution in [0.4, 0.5) is 5.69 Å². The van der Waals surface area contributed by atoms with Crippen LogP contribution in [0.3, 0.4) is 0 Å². The number of anilines is 1. The van der Waals surface area contributed by atoms with E-state index in [0.717, 1.165) is 16.8 Å². The van der Waals surface area contributed by atoms with E-state index in [9.17, 15) is 4.79 Å². The maximum absolute atomic E-state index is 11.9. The van der Waals surface area contributed by atoms with Gasteiger partial charge in [0, 0.05) is 5.69 Å². The molecule has 0 saturated heterocycles. The van der Waals surface area contributed by atoms with Gasteiger partial charge >= 0.3 is 0 Å². The molecule has 2 aromatic rings. The zero-order valence-electron chi connectivity index (χ0n) is 10.5. The van der Waals surface area contributed by atoms with E-state index in [-0.39, 0.29) is 17.5 Å². The topological polar surface area (TPSA) is 64.4 Å². The van der Waals surface area contributed by atoms with Gasteiger partial charge in [0.05, 0.1) is 13.2 Å². The van der Waals surface area contributed by atoms with Gasteiger partial charge in [-0.1, -0.05) is 12.1 Å². The van der Waals surface area contributed by atoms with Crippen LogP contribution in [0.15, 0.2) is 28.8 Å². The number of aryl methyl sites for hydroxylation is 1. The third-order valence-corrected chi connectivity index (χ3v) is 2.77. The van der Waals surface area contributed by atoms with Gasteiger partial charge in [-0.25, -0.2) is 0 Å². The summed E-state index contributed by atoms with van der Waals surface area (Å²) in [5.41, 5.74) is 2.90. The zero-order valence-corrected chi connectivity index (χ0v) is 10.5. The SMILES string of the molecule is COc1cc(C(=O)Nc2cccc(C)c2C)on1. The normalized spacial score (nSPS) is 10.2. The molecule has 5 nitrogen and oxygen atoms in total. The van der Waals surface area contributed by atoms with Crippen molar-refractivity contribution in [1.82, 2.24) is 5.16 Å². The van der Waals surface area contributed by atoms with Crippen LogP contribution < -0.4 is 10.1 Å². The molecule has 0 unspecified atom stereocenters. The molecule has 0 atom stereocenters. The Kier molecular flexibility index (Phi) is 3.32. The molecule has 1 amide bonds. The number of ether oxygens (including phenoxy) is 1. The third-order valence-electron chi connectivity index (χ3n) is 2.77. The Bertz CT molecular complexity index is 575. The second-order valence-electron chi connectivity index (χ2n) is 3.94. The summed E-state index contributed by atoms with van der Waals surface area (Å²) >= 11 is 0. The first-order chi connectivity index (χ1) is 8.61. The summed E-state index contributed by atoms with van der Waals surface area (Å²) in [5, 5.41) is 6.36. The minimum atomic E-state index is -0.348. The maximum Gasteiger partial charge on any atom is 0.294 e. The Hall–Kier alpha value is -2.30. The van der Waals surface area contributed by atoms with Gasteiger partial charge in [0.2, 0.25) is 5.76 Å². The van der Waals surface area contributed by atoms with E-state index >= 15 is 0 Å². The van der Waals surface area contributed by atoms with Crippen LogP contribution in [0, 0.1) is 13.8 Å². The van der Waals surface area contributed by atoms with Crippen molar-refractivity contribution < 1.29 is 14.1 Å². The van der Waals surface area contributed by atoms with Crippen molar-refractivity contribution in [3.05, 3.63) is 41.2 Å². The highest BCUT2D eigenvalue weighted by Crippen LogP contribution is 2.19. The van der Waals surface area contributed by atoms with E-state index in [2.05, 4.69) is 10.5 Å². The lowest BCUT2D eigenvalue weighted by molar-refractivity contribution is 0.0987. The highest BCUT2D eigenvalue weighted by atomic mass is 16.5. The Morgan fingerprint density at radius 2 is 2.17 bits per heavy atom. The van der Waals surface area contributed by atoms with Gasteiger partial charge in [-0.3, -0.25) is 4.79 Å². The predicted molar refractivity (Wildman–Crippen MR) is 66.9 cm³/mol. The van der Waals surface area contributed by atoms with Crippen molar-refractivity contribution in [2.24, 2.45) is 0 Å². The number of benzene rings is 1. The number of rotatable bonds is 3. The lowest BCUT2D eigenvalue weighted by Crippen LogP contribution is -2.12. The van der Waals surface area contributed by atoms with E-state index < -0.39 is 0 Å². The van der Waals surface area contributed by atoms with Crippen molar-refractivity contribution in [2.75, 3.05) is 12.4 Å². The first-order valence-electron chi connectivity index (χ1n) is 5.50. The minimum absolute atomic E-state index is 0.118. The number of carbonyl (C=O) groups excluding carboxylic acids is 1. The summed E-state index contributed by atoms with van der Waals surface area (Å²) in [6.45, 7) is 3.94. The molecule has 1 heterocycles. The summed E-state index contributed by atoms with van der Waals surface area (Å²) < 4.78 is 9.73. The fourth-order valence-corrected chi connectivity index (χ4v) is 1.53. The quantitative estimate of drug-likeness (QED) is 0.903. The van der Waals surface area contributed by atoms with Gasteiger partial charge < -0.3 is 14.6 Å². The standard InChI is InChI=1S/C13H14N2O3/c1-8-5-4-6-10(9(8)2)14-13(16)11-7-12(17-3)15-18-11/h4-7H,1-3H3,(H,14,16). The highest BCUT2D eigenvalue weighted by molar-refractivity contribution is 6.02. The molecule has 1 aromatic carbocycles. The van der Waals surface area contributed by atoms with Gasteiger partial charge in [0.15, 0.2) is 0 Å². The van der Waals surface area contributed by atoms with Gasteiger partial charge in [-0.05, 0) is 36.2 Å². The molecule has 0 radical (unpaired) electrons. The number of methoxy groups -OCH3 is 1. The summed E-state index contributed by atoms with van der Waals surface area (Å²) in [6.07, 6.45) is 0. The molecular formula is C13H14N2O3. The number of carbonyl (C=O) groups is 1. The number of aromatic nitrogens is 1. The molecule has 0 aliphatic heterocycles. The van der Waals surface area contributed by atoms with Crippen LogP contribution in [0.5, 0.6) is 5.88 Å². The van der Waals surface area contributed by atoms with Crippen LogP contribution in [-0.4, -0.2) is 18.2 Å². The van der Waals surface area contributed by atoms with Crippen LogP contribution in [0.1, 0.15) is 21.7 Å². The molecule has 0 saturated carbocycles. The van der Waals surface area contributed by atoms with Gasteiger partial charge in [0.1, 0.15) is 0 Å². The van der Waals surface area contributed by atoms with Crippen molar-refractivity contribution in [3.63, 3.8) is 0 Å². The van der Waals surface area contributed by atoms with E-state index in [4.69, 9.17) is 9.26 Å². The third kappa shape index (κ3) is 2.34. The Morgan fingerprint density at radius 1 is 1.39 bits per heavy atom. The lowest BCUT2D eigenvalue weighted by Gasteiger charge is -2.08. The smallest absolute Gasteiger partial charge is 0.294 e. The van der Waals surface area contributed by atoms with E-state index in [1.54, 1.807) is 0 Å². The average Bonchev–Trinajstić information content (AvgIpc) is 2.83. The number of nitrogens with zero attached hydrogens (tertiary/aromatic N) is 1. The molecule has 0 bridgehead atoms. The Labute approximate surface area is 105 Å². The number of amides is 1. The van der Waals surface area contributed by atoms with Crippen LogP contribution in [0.2, 0.25) is 0 Å². The predicted octanol–water partition coefficient (Wildman–Crippen LogP) is 2.55. The van der Waals surface area contributed by atoms with Gasteiger partial charge in [-0.2, -0.15) is 0 Å². The molecule has 5 heteroatoms. The van der Waals surface area contributed by atoms with E-state index in [1.165, 1.54) is 13.2 Å². The zero-order chi connectivity index (χ0) is 13.1. The molecule has 0 aliphatic rings. The molecular weight excluding hydrogens is 232 g/mol. The average molecular weight is 246 g/mol. The second-order valence-corrected chi connectivity index (χ2v) is 3.94. The first kappa shape index (κ1) is 12.2. The van der Waals surface area contributed by atoms with Crippen LogP contribution in [0.25, 0.3) is 0 Å². The van der Waals surface area contributed by atoms with Crippen molar-refractivity contribution in [2.45, 2.75) is 13.8 Å². The van der Waals surface area contributed by atoms with Crippen LogP contribution >= 0.6 is 0 Å². The lowest BCUT2D eigenvalue weighted by atomic mass is 10.1. The summed E-state index contributed by atoms with van der Waals surface area (Å²) in [4.78, 5) is 11.9. The van der Waals surface area contributed by atoms with Gasteiger partial charge in [0.25, 0.3) is 11.8 Å². The van der Waals surface area contributed by atoms with Crippen LogP contribution in [-0.2, 0) is 0 Å². The molecule has 94 valence electrons. The molecule has 1 N–H and O–H groups in total. The first-order valence-corrected chi connectivity index (χ1v) is 5.50. The highest BCUT2D eigenvalue weighted by Gasteiger charge is 2.14. The maximum atomic E-state index is 11.9. The number of hydrogen-bond acceptors (Lipinski definition) is 4. The fraction of sp³-hybridized carbons (Fsp3) is 0.231. The minimum Gasteiger partial charge on any atom is -0.479 e. The number of hydrogen-bond donors (Lipinski definition) is 1. The van der Waals surface area contributed by atoms with Gasteiger partial charge in [-0.15, -0.1) is 0 Å². The molecule has 2 rings (SSSR count). The summed E-state index contributed by atoms with van der Waals surface area (Å²) in [7, 11) is 1.46. The second kappa shape index (κ2) is 4.91. The fourth-order valence-electron chi connectivity index (χ4n) is 1.53. The summed E-state index contributed by atoms with van der Waals surface area (Å²) in [6, 6.07) is 7.16. The van der Waals surface area contributed by atoms with Crippen molar-refractivity contribution in [1.29, 1.82) is 0 Å². The Balaban J connectivity index is 2.18.